The maximum absolute atomic E-state index is 5.37. The van der Waals surface area contributed by atoms with Crippen LogP contribution in [-0.4, -0.2) is 13.2 Å². The Hall–Kier alpha value is -0.0800. The summed E-state index contributed by atoms with van der Waals surface area (Å²) in [5.74, 6) is 0.904. The molecule has 1 fully saturated rings. The van der Waals surface area contributed by atoms with Gasteiger partial charge in [-0.1, -0.05) is 25.7 Å². The van der Waals surface area contributed by atoms with Gasteiger partial charge in [0.15, 0.2) is 0 Å². The molecule has 2 nitrogen and oxygen atoms in total. The van der Waals surface area contributed by atoms with Crippen molar-refractivity contribution in [3.8, 4) is 0 Å². The Kier molecular flexibility index (Phi) is 4.55. The predicted molar refractivity (Wildman–Crippen MR) is 48.2 cm³/mol. The topological polar surface area (TPSA) is 38.0 Å². The summed E-state index contributed by atoms with van der Waals surface area (Å²) in [5, 5.41) is 3.22. The fraction of sp³-hybridized carbons (Fsp3) is 1.00. The Morgan fingerprint density at radius 1 is 1.09 bits per heavy atom. The molecule has 11 heavy (non-hydrogen) atoms. The van der Waals surface area contributed by atoms with Crippen LogP contribution in [0.3, 0.4) is 0 Å². The van der Waals surface area contributed by atoms with Gasteiger partial charge in [-0.2, -0.15) is 0 Å². The van der Waals surface area contributed by atoms with Crippen molar-refractivity contribution in [3.05, 3.63) is 0 Å². The van der Waals surface area contributed by atoms with E-state index in [0.717, 1.165) is 12.5 Å². The van der Waals surface area contributed by atoms with E-state index in [2.05, 4.69) is 5.32 Å². The third-order valence-electron chi connectivity index (χ3n) is 2.55. The molecule has 3 N–H and O–H groups in total. The Bertz CT molecular complexity index is 85.6. The van der Waals surface area contributed by atoms with Crippen LogP contribution in [0.4, 0.5) is 0 Å². The zero-order valence-corrected chi connectivity index (χ0v) is 7.31. The SMILES string of the molecule is NCNCC1CCCCCC1. The number of nitrogens with one attached hydrogen (secondary N) is 1. The molecule has 0 aromatic heterocycles. The molecule has 0 spiro atoms. The van der Waals surface area contributed by atoms with Gasteiger partial charge in [-0.25, -0.2) is 0 Å². The van der Waals surface area contributed by atoms with E-state index in [4.69, 9.17) is 5.73 Å². The summed E-state index contributed by atoms with van der Waals surface area (Å²) in [6, 6.07) is 0. The summed E-state index contributed by atoms with van der Waals surface area (Å²) >= 11 is 0. The first-order valence-corrected chi connectivity index (χ1v) is 4.84. The molecule has 0 radical (unpaired) electrons. The van der Waals surface area contributed by atoms with Crippen LogP contribution < -0.4 is 11.1 Å². The lowest BCUT2D eigenvalue weighted by molar-refractivity contribution is 0.429. The van der Waals surface area contributed by atoms with Crippen molar-refractivity contribution in [2.24, 2.45) is 11.7 Å². The van der Waals surface area contributed by atoms with Crippen molar-refractivity contribution >= 4 is 0 Å². The van der Waals surface area contributed by atoms with Crippen LogP contribution in [0.1, 0.15) is 38.5 Å². The molecule has 1 saturated carbocycles. The normalized spacial score (nSPS) is 21.5. The van der Waals surface area contributed by atoms with Crippen LogP contribution in [0.15, 0.2) is 0 Å². The molecule has 0 unspecified atom stereocenters. The highest BCUT2D eigenvalue weighted by atomic mass is 14.9. The van der Waals surface area contributed by atoms with Crippen LogP contribution in [-0.2, 0) is 0 Å². The average Bonchev–Trinajstić information content (AvgIpc) is 2.28. The molecule has 0 bridgehead atoms. The first kappa shape index (κ1) is 9.01. The molecule has 66 valence electrons. The van der Waals surface area contributed by atoms with E-state index in [1.165, 1.54) is 38.5 Å². The Morgan fingerprint density at radius 2 is 1.73 bits per heavy atom. The van der Waals surface area contributed by atoms with Gasteiger partial charge in [-0.3, -0.25) is 0 Å². The van der Waals surface area contributed by atoms with E-state index in [9.17, 15) is 0 Å². The Labute approximate surface area is 69.5 Å². The van der Waals surface area contributed by atoms with E-state index in [1.54, 1.807) is 0 Å². The molecular weight excluding hydrogens is 136 g/mol. The number of hydrogen-bond acceptors (Lipinski definition) is 2. The van der Waals surface area contributed by atoms with Gasteiger partial charge in [-0.05, 0) is 25.3 Å². The highest BCUT2D eigenvalue weighted by Crippen LogP contribution is 2.21. The fourth-order valence-electron chi connectivity index (χ4n) is 1.86. The minimum atomic E-state index is 0.635. The van der Waals surface area contributed by atoms with E-state index in [0.29, 0.717) is 6.67 Å². The molecule has 0 atom stereocenters. The average molecular weight is 156 g/mol. The maximum Gasteiger partial charge on any atom is 0.0428 e. The minimum absolute atomic E-state index is 0.635. The molecule has 1 rings (SSSR count). The van der Waals surface area contributed by atoms with Crippen molar-refractivity contribution in [2.45, 2.75) is 38.5 Å². The summed E-state index contributed by atoms with van der Waals surface area (Å²) in [5.41, 5.74) is 5.37. The largest absolute Gasteiger partial charge is 0.318 e. The lowest BCUT2D eigenvalue weighted by Gasteiger charge is -2.13. The molecule has 0 aliphatic heterocycles. The van der Waals surface area contributed by atoms with Crippen molar-refractivity contribution in [2.75, 3.05) is 13.2 Å². The van der Waals surface area contributed by atoms with Crippen molar-refractivity contribution in [1.29, 1.82) is 0 Å². The summed E-state index contributed by atoms with van der Waals surface area (Å²) in [7, 11) is 0. The third kappa shape index (κ3) is 3.73. The molecule has 0 aromatic rings. The second kappa shape index (κ2) is 5.56. The summed E-state index contributed by atoms with van der Waals surface area (Å²) in [6.45, 7) is 1.77. The predicted octanol–water partition coefficient (Wildman–Crippen LogP) is 1.46. The number of rotatable bonds is 3. The highest BCUT2D eigenvalue weighted by Gasteiger charge is 2.10. The number of hydrogen-bond donors (Lipinski definition) is 2. The van der Waals surface area contributed by atoms with E-state index < -0.39 is 0 Å². The molecule has 1 aliphatic carbocycles. The smallest absolute Gasteiger partial charge is 0.0428 e. The van der Waals surface area contributed by atoms with Gasteiger partial charge < -0.3 is 11.1 Å². The second-order valence-electron chi connectivity index (χ2n) is 3.52. The molecule has 2 heteroatoms. The molecular formula is C9H20N2. The van der Waals surface area contributed by atoms with Crippen molar-refractivity contribution < 1.29 is 0 Å². The van der Waals surface area contributed by atoms with Gasteiger partial charge in [0.05, 0.1) is 0 Å². The van der Waals surface area contributed by atoms with E-state index >= 15 is 0 Å². The van der Waals surface area contributed by atoms with Crippen molar-refractivity contribution in [3.63, 3.8) is 0 Å². The fourth-order valence-corrected chi connectivity index (χ4v) is 1.86. The first-order valence-electron chi connectivity index (χ1n) is 4.84. The molecule has 1 aliphatic rings. The lowest BCUT2D eigenvalue weighted by atomic mass is 10.0. The minimum Gasteiger partial charge on any atom is -0.318 e. The van der Waals surface area contributed by atoms with Crippen LogP contribution in [0.25, 0.3) is 0 Å². The van der Waals surface area contributed by atoms with Gasteiger partial charge in [0, 0.05) is 6.67 Å². The van der Waals surface area contributed by atoms with Crippen LogP contribution in [0.5, 0.6) is 0 Å². The maximum atomic E-state index is 5.37. The zero-order valence-electron chi connectivity index (χ0n) is 7.31. The van der Waals surface area contributed by atoms with Gasteiger partial charge in [0.25, 0.3) is 0 Å². The number of nitrogens with two attached hydrogens (primary N) is 1. The first-order chi connectivity index (χ1) is 5.43. The summed E-state index contributed by atoms with van der Waals surface area (Å²) in [6.07, 6.45) is 8.56. The van der Waals surface area contributed by atoms with Gasteiger partial charge in [0.1, 0.15) is 0 Å². The highest BCUT2D eigenvalue weighted by molar-refractivity contribution is 4.66. The van der Waals surface area contributed by atoms with Crippen molar-refractivity contribution in [1.82, 2.24) is 5.32 Å². The van der Waals surface area contributed by atoms with Gasteiger partial charge in [-0.15, -0.1) is 0 Å². The third-order valence-corrected chi connectivity index (χ3v) is 2.55. The Morgan fingerprint density at radius 3 is 2.27 bits per heavy atom. The molecule has 0 saturated heterocycles. The van der Waals surface area contributed by atoms with Crippen LogP contribution >= 0.6 is 0 Å². The standard InChI is InChI=1S/C9H20N2/c10-8-11-7-9-5-3-1-2-4-6-9/h9,11H,1-8,10H2. The zero-order chi connectivity index (χ0) is 7.94. The van der Waals surface area contributed by atoms with Gasteiger partial charge >= 0.3 is 0 Å². The Balaban J connectivity index is 2.09. The van der Waals surface area contributed by atoms with Crippen LogP contribution in [0, 0.1) is 5.92 Å². The molecule has 0 amide bonds. The van der Waals surface area contributed by atoms with Crippen LogP contribution in [0.2, 0.25) is 0 Å². The van der Waals surface area contributed by atoms with Gasteiger partial charge in [0.2, 0.25) is 0 Å². The lowest BCUT2D eigenvalue weighted by Crippen LogP contribution is -2.28. The second-order valence-corrected chi connectivity index (χ2v) is 3.52. The van der Waals surface area contributed by atoms with E-state index in [-0.39, 0.29) is 0 Å². The quantitative estimate of drug-likeness (QED) is 0.479. The molecule has 0 aromatic carbocycles. The summed E-state index contributed by atoms with van der Waals surface area (Å²) in [4.78, 5) is 0. The monoisotopic (exact) mass is 156 g/mol. The summed E-state index contributed by atoms with van der Waals surface area (Å²) < 4.78 is 0. The van der Waals surface area contributed by atoms with E-state index in [1.807, 2.05) is 0 Å². The molecule has 0 heterocycles.